The van der Waals surface area contributed by atoms with Crippen LogP contribution in [0.2, 0.25) is 0 Å². The van der Waals surface area contributed by atoms with Crippen molar-refractivity contribution >= 4 is 0 Å². The number of rotatable bonds is 4. The molecule has 0 aliphatic rings. The van der Waals surface area contributed by atoms with Gasteiger partial charge in [-0.05, 0) is 6.07 Å². The fourth-order valence-electron chi connectivity index (χ4n) is 0.902. The first-order valence-electron chi connectivity index (χ1n) is 3.90. The van der Waals surface area contributed by atoms with Crippen LogP contribution >= 0.6 is 0 Å². The number of nitrogens with two attached hydrogens (primary N) is 1. The number of nitrogens with zero attached hydrogens (tertiary/aromatic N) is 2. The molecule has 13 heavy (non-hydrogen) atoms. The molecule has 1 aromatic rings. The molecule has 0 fully saturated rings. The SMILES string of the molecule is COCC(N)c1ccc(OC)nn1. The number of hydrogen-bond donors (Lipinski definition) is 1. The van der Waals surface area contributed by atoms with Crippen LogP contribution in [0.25, 0.3) is 0 Å². The van der Waals surface area contributed by atoms with E-state index in [9.17, 15) is 0 Å². The molecule has 0 saturated heterocycles. The summed E-state index contributed by atoms with van der Waals surface area (Å²) in [5, 5.41) is 7.68. The van der Waals surface area contributed by atoms with E-state index >= 15 is 0 Å². The molecule has 1 aromatic heterocycles. The van der Waals surface area contributed by atoms with Crippen molar-refractivity contribution in [1.29, 1.82) is 0 Å². The lowest BCUT2D eigenvalue weighted by Crippen LogP contribution is -2.17. The summed E-state index contributed by atoms with van der Waals surface area (Å²) in [6.07, 6.45) is 0. The smallest absolute Gasteiger partial charge is 0.233 e. The van der Waals surface area contributed by atoms with E-state index in [1.54, 1.807) is 26.4 Å². The van der Waals surface area contributed by atoms with E-state index in [4.69, 9.17) is 15.2 Å². The normalized spacial score (nSPS) is 12.5. The highest BCUT2D eigenvalue weighted by Crippen LogP contribution is 2.09. The van der Waals surface area contributed by atoms with Crippen molar-refractivity contribution in [2.24, 2.45) is 5.73 Å². The maximum Gasteiger partial charge on any atom is 0.233 e. The van der Waals surface area contributed by atoms with Crippen LogP contribution < -0.4 is 10.5 Å². The summed E-state index contributed by atoms with van der Waals surface area (Å²) < 4.78 is 9.75. The summed E-state index contributed by atoms with van der Waals surface area (Å²) in [6, 6.07) is 3.26. The maximum atomic E-state index is 5.73. The average molecular weight is 183 g/mol. The first-order valence-corrected chi connectivity index (χ1v) is 3.90. The van der Waals surface area contributed by atoms with Gasteiger partial charge < -0.3 is 15.2 Å². The molecular formula is C8H13N3O2. The Morgan fingerprint density at radius 3 is 2.62 bits per heavy atom. The van der Waals surface area contributed by atoms with Crippen LogP contribution in [-0.4, -0.2) is 31.0 Å². The second kappa shape index (κ2) is 4.74. The van der Waals surface area contributed by atoms with Crippen molar-refractivity contribution in [2.75, 3.05) is 20.8 Å². The minimum atomic E-state index is -0.233. The highest BCUT2D eigenvalue weighted by atomic mass is 16.5. The minimum Gasteiger partial charge on any atom is -0.480 e. The Hall–Kier alpha value is -1.20. The van der Waals surface area contributed by atoms with Crippen LogP contribution in [-0.2, 0) is 4.74 Å². The Kier molecular flexibility index (Phi) is 3.60. The van der Waals surface area contributed by atoms with Crippen molar-refractivity contribution in [3.8, 4) is 5.88 Å². The highest BCUT2D eigenvalue weighted by molar-refractivity contribution is 5.13. The van der Waals surface area contributed by atoms with Gasteiger partial charge in [-0.1, -0.05) is 0 Å². The molecule has 1 atom stereocenters. The fourth-order valence-corrected chi connectivity index (χ4v) is 0.902. The predicted molar refractivity (Wildman–Crippen MR) is 47.4 cm³/mol. The van der Waals surface area contributed by atoms with Crippen LogP contribution in [0.3, 0.4) is 0 Å². The number of aromatic nitrogens is 2. The predicted octanol–water partition coefficient (Wildman–Crippen LogP) is 0.131. The van der Waals surface area contributed by atoms with Gasteiger partial charge in [-0.2, -0.15) is 5.10 Å². The van der Waals surface area contributed by atoms with Gasteiger partial charge in [-0.25, -0.2) is 0 Å². The summed E-state index contributed by atoms with van der Waals surface area (Å²) in [4.78, 5) is 0. The lowest BCUT2D eigenvalue weighted by molar-refractivity contribution is 0.179. The maximum absolute atomic E-state index is 5.73. The van der Waals surface area contributed by atoms with Gasteiger partial charge >= 0.3 is 0 Å². The van der Waals surface area contributed by atoms with E-state index in [0.29, 0.717) is 18.2 Å². The van der Waals surface area contributed by atoms with Crippen molar-refractivity contribution in [2.45, 2.75) is 6.04 Å². The third-order valence-corrected chi connectivity index (χ3v) is 1.60. The summed E-state index contributed by atoms with van der Waals surface area (Å²) >= 11 is 0. The topological polar surface area (TPSA) is 70.3 Å². The second-order valence-corrected chi connectivity index (χ2v) is 2.56. The van der Waals surface area contributed by atoms with E-state index in [0.717, 1.165) is 0 Å². The molecule has 0 amide bonds. The number of methoxy groups -OCH3 is 2. The molecule has 2 N–H and O–H groups in total. The van der Waals surface area contributed by atoms with Gasteiger partial charge in [0.15, 0.2) is 0 Å². The second-order valence-electron chi connectivity index (χ2n) is 2.56. The highest BCUT2D eigenvalue weighted by Gasteiger charge is 2.07. The van der Waals surface area contributed by atoms with Crippen LogP contribution in [0.4, 0.5) is 0 Å². The van der Waals surface area contributed by atoms with E-state index in [1.165, 1.54) is 0 Å². The molecule has 5 nitrogen and oxygen atoms in total. The molecule has 0 aliphatic heterocycles. The Morgan fingerprint density at radius 2 is 2.15 bits per heavy atom. The lowest BCUT2D eigenvalue weighted by Gasteiger charge is -2.08. The van der Waals surface area contributed by atoms with Gasteiger partial charge in [0.2, 0.25) is 5.88 Å². The van der Waals surface area contributed by atoms with Gasteiger partial charge in [0.25, 0.3) is 0 Å². The molecule has 0 saturated carbocycles. The number of ether oxygens (including phenoxy) is 2. The lowest BCUT2D eigenvalue weighted by atomic mass is 10.2. The van der Waals surface area contributed by atoms with Crippen LogP contribution in [0, 0.1) is 0 Å². The van der Waals surface area contributed by atoms with Gasteiger partial charge in [0.05, 0.1) is 25.5 Å². The molecule has 5 heteroatoms. The van der Waals surface area contributed by atoms with E-state index < -0.39 is 0 Å². The van der Waals surface area contributed by atoms with E-state index in [-0.39, 0.29) is 6.04 Å². The van der Waals surface area contributed by atoms with Crippen molar-refractivity contribution in [1.82, 2.24) is 10.2 Å². The molecule has 1 unspecified atom stereocenters. The fraction of sp³-hybridized carbons (Fsp3) is 0.500. The minimum absolute atomic E-state index is 0.233. The van der Waals surface area contributed by atoms with Gasteiger partial charge in [0, 0.05) is 13.2 Å². The molecule has 0 aliphatic carbocycles. The Labute approximate surface area is 76.9 Å². The van der Waals surface area contributed by atoms with Crippen molar-refractivity contribution in [3.05, 3.63) is 17.8 Å². The van der Waals surface area contributed by atoms with E-state index in [1.807, 2.05) is 0 Å². The van der Waals surface area contributed by atoms with E-state index in [2.05, 4.69) is 10.2 Å². The number of hydrogen-bond acceptors (Lipinski definition) is 5. The Bertz CT molecular complexity index is 250. The first kappa shape index (κ1) is 9.88. The van der Waals surface area contributed by atoms with Crippen molar-refractivity contribution < 1.29 is 9.47 Å². The zero-order chi connectivity index (χ0) is 9.68. The summed E-state index contributed by atoms with van der Waals surface area (Å²) in [5.41, 5.74) is 6.43. The third-order valence-electron chi connectivity index (χ3n) is 1.60. The summed E-state index contributed by atoms with van der Waals surface area (Å²) in [5.74, 6) is 0.480. The Balaban J connectivity index is 2.67. The Morgan fingerprint density at radius 1 is 1.38 bits per heavy atom. The summed E-state index contributed by atoms with van der Waals surface area (Å²) in [6.45, 7) is 0.432. The van der Waals surface area contributed by atoms with Crippen molar-refractivity contribution in [3.63, 3.8) is 0 Å². The third kappa shape index (κ3) is 2.64. The van der Waals surface area contributed by atoms with Crippen LogP contribution in [0.5, 0.6) is 5.88 Å². The monoisotopic (exact) mass is 183 g/mol. The molecule has 1 heterocycles. The quantitative estimate of drug-likeness (QED) is 0.718. The zero-order valence-electron chi connectivity index (χ0n) is 7.73. The summed E-state index contributed by atoms with van der Waals surface area (Å²) in [7, 11) is 3.13. The van der Waals surface area contributed by atoms with Gasteiger partial charge in [-0.3, -0.25) is 0 Å². The van der Waals surface area contributed by atoms with Gasteiger partial charge in [0.1, 0.15) is 0 Å². The standard InChI is InChI=1S/C8H13N3O2/c1-12-5-6(9)7-3-4-8(13-2)11-10-7/h3-4,6H,5,9H2,1-2H3. The van der Waals surface area contributed by atoms with Gasteiger partial charge in [-0.15, -0.1) is 5.10 Å². The molecule has 0 bridgehead atoms. The van der Waals surface area contributed by atoms with Crippen LogP contribution in [0.1, 0.15) is 11.7 Å². The molecule has 0 radical (unpaired) electrons. The molecule has 0 aromatic carbocycles. The zero-order valence-corrected chi connectivity index (χ0v) is 7.73. The average Bonchev–Trinajstić information content (AvgIpc) is 2.18. The molecule has 0 spiro atoms. The molecular weight excluding hydrogens is 170 g/mol. The molecule has 72 valence electrons. The largest absolute Gasteiger partial charge is 0.480 e. The van der Waals surface area contributed by atoms with Crippen LogP contribution in [0.15, 0.2) is 12.1 Å². The first-order chi connectivity index (χ1) is 6.27. The molecule has 1 rings (SSSR count).